The molecule has 3 nitrogen and oxygen atoms in total. The molecule has 0 aliphatic rings. The number of alkyl halides is 3. The SMILES string of the molecule is CC(=O)c1c(C(F)(F)F)ccc(C#N)c1C=O. The summed E-state index contributed by atoms with van der Waals surface area (Å²) >= 11 is 0. The van der Waals surface area contributed by atoms with Crippen LogP contribution >= 0.6 is 0 Å². The van der Waals surface area contributed by atoms with Crippen LogP contribution in [0.2, 0.25) is 0 Å². The Morgan fingerprint density at radius 3 is 2.35 bits per heavy atom. The molecule has 0 bridgehead atoms. The second kappa shape index (κ2) is 4.37. The summed E-state index contributed by atoms with van der Waals surface area (Å²) < 4.78 is 37.8. The molecule has 6 heteroatoms. The smallest absolute Gasteiger partial charge is 0.298 e. The molecule has 0 aliphatic heterocycles. The Bertz CT molecular complexity index is 527. The number of hydrogen-bond donors (Lipinski definition) is 0. The van der Waals surface area contributed by atoms with Gasteiger partial charge in [-0.3, -0.25) is 9.59 Å². The van der Waals surface area contributed by atoms with Gasteiger partial charge in [0.15, 0.2) is 12.1 Å². The molecule has 0 heterocycles. The molecule has 0 aliphatic carbocycles. The first-order chi connectivity index (χ1) is 7.82. The Morgan fingerprint density at radius 1 is 1.41 bits per heavy atom. The van der Waals surface area contributed by atoms with Crippen molar-refractivity contribution in [1.82, 2.24) is 0 Å². The van der Waals surface area contributed by atoms with E-state index in [2.05, 4.69) is 0 Å². The monoisotopic (exact) mass is 241 g/mol. The highest BCUT2D eigenvalue weighted by molar-refractivity contribution is 6.04. The molecule has 0 fully saturated rings. The molecule has 0 radical (unpaired) electrons. The van der Waals surface area contributed by atoms with E-state index in [1.807, 2.05) is 0 Å². The number of ketones is 1. The fourth-order valence-corrected chi connectivity index (χ4v) is 1.45. The second-order valence-electron chi connectivity index (χ2n) is 3.23. The van der Waals surface area contributed by atoms with Gasteiger partial charge in [0.25, 0.3) is 0 Å². The van der Waals surface area contributed by atoms with Crippen LogP contribution in [0.5, 0.6) is 0 Å². The van der Waals surface area contributed by atoms with Crippen LogP contribution in [0.4, 0.5) is 13.2 Å². The molecule has 0 unspecified atom stereocenters. The fraction of sp³-hybridized carbons (Fsp3) is 0.182. The topological polar surface area (TPSA) is 57.9 Å². The summed E-state index contributed by atoms with van der Waals surface area (Å²) in [6.45, 7) is 0.915. The maximum atomic E-state index is 12.6. The molecule has 0 amide bonds. The van der Waals surface area contributed by atoms with Crippen molar-refractivity contribution in [3.8, 4) is 6.07 Å². The molecule has 0 aromatic heterocycles. The molecular weight excluding hydrogens is 235 g/mol. The largest absolute Gasteiger partial charge is 0.417 e. The average molecular weight is 241 g/mol. The van der Waals surface area contributed by atoms with E-state index in [4.69, 9.17) is 5.26 Å². The van der Waals surface area contributed by atoms with E-state index in [0.717, 1.165) is 13.0 Å². The summed E-state index contributed by atoms with van der Waals surface area (Å²) in [6, 6.07) is 3.07. The van der Waals surface area contributed by atoms with Crippen molar-refractivity contribution in [1.29, 1.82) is 5.26 Å². The van der Waals surface area contributed by atoms with Gasteiger partial charge in [-0.2, -0.15) is 18.4 Å². The van der Waals surface area contributed by atoms with Crippen molar-refractivity contribution in [2.45, 2.75) is 13.1 Å². The summed E-state index contributed by atoms with van der Waals surface area (Å²) in [5, 5.41) is 8.65. The van der Waals surface area contributed by atoms with Crippen LogP contribution in [0.1, 0.15) is 38.8 Å². The van der Waals surface area contributed by atoms with E-state index in [0.29, 0.717) is 6.07 Å². The van der Waals surface area contributed by atoms with Crippen molar-refractivity contribution in [2.75, 3.05) is 0 Å². The van der Waals surface area contributed by atoms with E-state index < -0.39 is 28.6 Å². The number of nitrogens with zero attached hydrogens (tertiary/aromatic N) is 1. The molecular formula is C11H6F3NO2. The highest BCUT2D eigenvalue weighted by atomic mass is 19.4. The number of hydrogen-bond acceptors (Lipinski definition) is 3. The van der Waals surface area contributed by atoms with Crippen LogP contribution in [0, 0.1) is 11.3 Å². The van der Waals surface area contributed by atoms with E-state index in [1.165, 1.54) is 0 Å². The lowest BCUT2D eigenvalue weighted by molar-refractivity contribution is -0.137. The Kier molecular flexibility index (Phi) is 3.32. The molecule has 0 N–H and O–H groups in total. The molecule has 0 saturated carbocycles. The van der Waals surface area contributed by atoms with Crippen LogP contribution < -0.4 is 0 Å². The van der Waals surface area contributed by atoms with Gasteiger partial charge in [-0.1, -0.05) is 0 Å². The second-order valence-corrected chi connectivity index (χ2v) is 3.23. The molecule has 0 atom stereocenters. The lowest BCUT2D eigenvalue weighted by Crippen LogP contribution is -2.15. The minimum Gasteiger partial charge on any atom is -0.298 e. The third kappa shape index (κ3) is 2.33. The summed E-state index contributed by atoms with van der Waals surface area (Å²) in [5.41, 5.74) is -2.73. The first-order valence-electron chi connectivity index (χ1n) is 4.43. The highest BCUT2D eigenvalue weighted by Crippen LogP contribution is 2.34. The molecule has 17 heavy (non-hydrogen) atoms. The number of carbonyl (C=O) groups excluding carboxylic acids is 2. The lowest BCUT2D eigenvalue weighted by atomic mass is 9.94. The standard InChI is InChI=1S/C11H6F3NO2/c1-6(17)10-8(5-16)7(4-15)2-3-9(10)11(12,13)14/h2-3,5H,1H3. The maximum absolute atomic E-state index is 12.6. The third-order valence-corrected chi connectivity index (χ3v) is 2.14. The summed E-state index contributed by atoms with van der Waals surface area (Å²) in [4.78, 5) is 21.9. The van der Waals surface area contributed by atoms with Crippen molar-refractivity contribution in [2.24, 2.45) is 0 Å². The van der Waals surface area contributed by atoms with Crippen LogP contribution in [-0.4, -0.2) is 12.1 Å². The van der Waals surface area contributed by atoms with Gasteiger partial charge < -0.3 is 0 Å². The summed E-state index contributed by atoms with van der Waals surface area (Å²) in [6.07, 6.45) is -4.66. The van der Waals surface area contributed by atoms with Crippen molar-refractivity contribution in [3.63, 3.8) is 0 Å². The molecule has 1 rings (SSSR count). The van der Waals surface area contributed by atoms with Gasteiger partial charge in [-0.15, -0.1) is 0 Å². The Hall–Kier alpha value is -2.16. The Labute approximate surface area is 94.5 Å². The molecule has 88 valence electrons. The zero-order chi connectivity index (χ0) is 13.2. The van der Waals surface area contributed by atoms with Crippen molar-refractivity contribution >= 4 is 12.1 Å². The number of halogens is 3. The zero-order valence-corrected chi connectivity index (χ0v) is 8.63. The predicted molar refractivity (Wildman–Crippen MR) is 51.6 cm³/mol. The van der Waals surface area contributed by atoms with E-state index >= 15 is 0 Å². The molecule has 0 saturated heterocycles. The number of benzene rings is 1. The fourth-order valence-electron chi connectivity index (χ4n) is 1.45. The van der Waals surface area contributed by atoms with Gasteiger partial charge >= 0.3 is 6.18 Å². The normalized spacial score (nSPS) is 10.8. The first-order valence-corrected chi connectivity index (χ1v) is 4.43. The van der Waals surface area contributed by atoms with Gasteiger partial charge in [0.2, 0.25) is 0 Å². The van der Waals surface area contributed by atoms with Crippen molar-refractivity contribution in [3.05, 3.63) is 34.4 Å². The van der Waals surface area contributed by atoms with Gasteiger partial charge in [0, 0.05) is 11.1 Å². The van der Waals surface area contributed by atoms with Gasteiger partial charge in [0.05, 0.1) is 17.2 Å². The third-order valence-electron chi connectivity index (χ3n) is 2.14. The summed E-state index contributed by atoms with van der Waals surface area (Å²) in [7, 11) is 0. The number of nitriles is 1. The number of rotatable bonds is 2. The van der Waals surface area contributed by atoms with Gasteiger partial charge in [-0.05, 0) is 19.1 Å². The lowest BCUT2D eigenvalue weighted by Gasteiger charge is -2.13. The number of Topliss-reactive ketones (excluding diaryl/α,β-unsaturated/α-hetero) is 1. The van der Waals surface area contributed by atoms with Crippen LogP contribution in [0.15, 0.2) is 12.1 Å². The van der Waals surface area contributed by atoms with Gasteiger partial charge in [0.1, 0.15) is 0 Å². The molecule has 0 spiro atoms. The zero-order valence-electron chi connectivity index (χ0n) is 8.63. The minimum atomic E-state index is -4.74. The number of aldehydes is 1. The predicted octanol–water partition coefficient (Wildman–Crippen LogP) is 2.59. The van der Waals surface area contributed by atoms with Gasteiger partial charge in [-0.25, -0.2) is 0 Å². The van der Waals surface area contributed by atoms with Crippen molar-refractivity contribution < 1.29 is 22.8 Å². The van der Waals surface area contributed by atoms with Crippen LogP contribution in [0.3, 0.4) is 0 Å². The molecule has 1 aromatic carbocycles. The maximum Gasteiger partial charge on any atom is 0.417 e. The van der Waals surface area contributed by atoms with E-state index in [1.54, 1.807) is 6.07 Å². The van der Waals surface area contributed by atoms with Crippen LogP contribution in [0.25, 0.3) is 0 Å². The summed E-state index contributed by atoms with van der Waals surface area (Å²) in [5.74, 6) is -0.906. The van der Waals surface area contributed by atoms with E-state index in [9.17, 15) is 22.8 Å². The highest BCUT2D eigenvalue weighted by Gasteiger charge is 2.36. The Balaban J connectivity index is 3.73. The van der Waals surface area contributed by atoms with E-state index in [-0.39, 0.29) is 11.8 Å². The Morgan fingerprint density at radius 2 is 2.00 bits per heavy atom. The number of carbonyl (C=O) groups is 2. The minimum absolute atomic E-state index is 0.0878. The quantitative estimate of drug-likeness (QED) is 0.590. The van der Waals surface area contributed by atoms with Crippen LogP contribution in [-0.2, 0) is 6.18 Å². The molecule has 1 aromatic rings. The first kappa shape index (κ1) is 12.9. The average Bonchev–Trinajstić information content (AvgIpc) is 2.25.